The van der Waals surface area contributed by atoms with Crippen LogP contribution in [0.15, 0.2) is 55.0 Å². The first kappa shape index (κ1) is 21.5. The number of H-pyrrole nitrogens is 2. The summed E-state index contributed by atoms with van der Waals surface area (Å²) in [6.45, 7) is 0.728. The summed E-state index contributed by atoms with van der Waals surface area (Å²) in [5.74, 6) is 0.0513. The molecule has 6 rings (SSSR count). The highest BCUT2D eigenvalue weighted by molar-refractivity contribution is 7.13. The number of nitrogens with zero attached hydrogens (tertiary/aromatic N) is 5. The first-order valence-electron chi connectivity index (χ1n) is 10.8. The molecular formula is C25H19F2N7S. The Balaban J connectivity index is 1.48. The molecule has 10 heteroatoms. The number of fused-ring (bicyclic) bond motifs is 2. The first-order chi connectivity index (χ1) is 17.0. The lowest BCUT2D eigenvalue weighted by Crippen LogP contribution is -2.10. The van der Waals surface area contributed by atoms with Crippen LogP contribution >= 0.6 is 11.3 Å². The van der Waals surface area contributed by atoms with Gasteiger partial charge in [0.25, 0.3) is 0 Å². The van der Waals surface area contributed by atoms with Crippen LogP contribution in [0.4, 0.5) is 8.78 Å². The number of aromatic nitrogens is 6. The summed E-state index contributed by atoms with van der Waals surface area (Å²) in [6.07, 6.45) is 5.17. The summed E-state index contributed by atoms with van der Waals surface area (Å²) in [7, 11) is 3.97. The number of pyridine rings is 2. The Morgan fingerprint density at radius 2 is 1.89 bits per heavy atom. The van der Waals surface area contributed by atoms with Gasteiger partial charge in [-0.1, -0.05) is 0 Å². The number of hydrogen-bond acceptors (Lipinski definition) is 6. The number of imidazole rings is 1. The van der Waals surface area contributed by atoms with E-state index in [1.54, 1.807) is 30.7 Å². The smallest absolute Gasteiger partial charge is 0.177 e. The molecule has 0 unspecified atom stereocenters. The second-order valence-electron chi connectivity index (χ2n) is 8.52. The quantitative estimate of drug-likeness (QED) is 0.329. The largest absolute Gasteiger partial charge is 0.337 e. The maximum absolute atomic E-state index is 15.1. The molecule has 0 fully saturated rings. The molecule has 35 heavy (non-hydrogen) atoms. The van der Waals surface area contributed by atoms with Crippen molar-refractivity contribution in [1.82, 2.24) is 35.0 Å². The van der Waals surface area contributed by atoms with Gasteiger partial charge in [-0.3, -0.25) is 15.1 Å². The fourth-order valence-electron chi connectivity index (χ4n) is 4.20. The minimum absolute atomic E-state index is 0.222. The van der Waals surface area contributed by atoms with Crippen LogP contribution in [-0.4, -0.2) is 49.1 Å². The van der Waals surface area contributed by atoms with E-state index >= 15 is 4.39 Å². The van der Waals surface area contributed by atoms with Crippen LogP contribution in [0.2, 0.25) is 0 Å². The number of benzene rings is 1. The van der Waals surface area contributed by atoms with Crippen molar-refractivity contribution in [3.8, 4) is 33.2 Å². The Morgan fingerprint density at radius 1 is 1.00 bits per heavy atom. The molecule has 0 atom stereocenters. The molecule has 0 aliphatic heterocycles. The van der Waals surface area contributed by atoms with Gasteiger partial charge < -0.3 is 9.88 Å². The third kappa shape index (κ3) is 3.86. The zero-order chi connectivity index (χ0) is 24.1. The molecule has 0 aliphatic rings. The molecule has 0 spiro atoms. The molecule has 7 nitrogen and oxygen atoms in total. The summed E-state index contributed by atoms with van der Waals surface area (Å²) in [4.78, 5) is 19.5. The summed E-state index contributed by atoms with van der Waals surface area (Å²) in [5.41, 5.74) is 5.23. The average molecular weight is 488 g/mol. The lowest BCUT2D eigenvalue weighted by atomic mass is 10.0. The Bertz CT molecular complexity index is 1700. The summed E-state index contributed by atoms with van der Waals surface area (Å²) in [5, 5.41) is 7.42. The van der Waals surface area contributed by atoms with E-state index in [1.807, 2.05) is 31.1 Å². The molecule has 0 saturated heterocycles. The SMILES string of the molecule is CN(C)Cc1cncc(-c2cc(F)c3n[nH]c(-c4nc5c(-c6ccc(F)s6)nccc5[nH]4)c3c2)c1. The van der Waals surface area contributed by atoms with E-state index in [0.717, 1.165) is 34.5 Å². The van der Waals surface area contributed by atoms with Crippen molar-refractivity contribution in [2.45, 2.75) is 6.54 Å². The minimum atomic E-state index is -0.439. The fourth-order valence-corrected chi connectivity index (χ4v) is 4.92. The number of halogens is 2. The van der Waals surface area contributed by atoms with Gasteiger partial charge in [0.1, 0.15) is 22.4 Å². The predicted molar refractivity (Wildman–Crippen MR) is 133 cm³/mol. The number of nitrogens with one attached hydrogen (secondary N) is 2. The lowest BCUT2D eigenvalue weighted by molar-refractivity contribution is 0.402. The third-order valence-electron chi connectivity index (χ3n) is 5.68. The molecular weight excluding hydrogens is 468 g/mol. The van der Waals surface area contributed by atoms with E-state index in [4.69, 9.17) is 4.98 Å². The standard InChI is InChI=1S/C25H19F2N7S/c1-34(2)12-13-7-15(11-28-10-13)14-8-16-21(17(26)9-14)32-33-22(16)25-30-18-5-6-29-24(23(18)31-25)19-3-4-20(27)35-19/h3-11H,12H2,1-2H3,(H,30,31)(H,32,33). The van der Waals surface area contributed by atoms with E-state index in [2.05, 4.69) is 25.1 Å². The second-order valence-corrected chi connectivity index (χ2v) is 9.55. The van der Waals surface area contributed by atoms with Crippen LogP contribution in [0, 0.1) is 10.9 Å². The number of rotatable bonds is 5. The van der Waals surface area contributed by atoms with E-state index in [0.29, 0.717) is 38.6 Å². The Morgan fingerprint density at radius 3 is 2.69 bits per heavy atom. The molecule has 0 aliphatic carbocycles. The average Bonchev–Trinajstić information content (AvgIpc) is 3.56. The molecule has 6 aromatic rings. The zero-order valence-electron chi connectivity index (χ0n) is 18.8. The molecule has 174 valence electrons. The zero-order valence-corrected chi connectivity index (χ0v) is 19.6. The van der Waals surface area contributed by atoms with E-state index in [9.17, 15) is 4.39 Å². The van der Waals surface area contributed by atoms with Gasteiger partial charge in [-0.25, -0.2) is 9.37 Å². The van der Waals surface area contributed by atoms with Crippen molar-refractivity contribution in [3.63, 3.8) is 0 Å². The highest BCUT2D eigenvalue weighted by atomic mass is 32.1. The topological polar surface area (TPSA) is 86.4 Å². The van der Waals surface area contributed by atoms with E-state index < -0.39 is 5.82 Å². The van der Waals surface area contributed by atoms with Gasteiger partial charge in [0.2, 0.25) is 0 Å². The van der Waals surface area contributed by atoms with Gasteiger partial charge in [0.15, 0.2) is 16.8 Å². The van der Waals surface area contributed by atoms with E-state index in [1.165, 1.54) is 12.1 Å². The first-order valence-corrected chi connectivity index (χ1v) is 11.7. The van der Waals surface area contributed by atoms with Crippen molar-refractivity contribution in [2.24, 2.45) is 0 Å². The highest BCUT2D eigenvalue weighted by Gasteiger charge is 2.19. The maximum Gasteiger partial charge on any atom is 0.177 e. The Kier molecular flexibility index (Phi) is 5.12. The molecule has 5 aromatic heterocycles. The Hall–Kier alpha value is -4.02. The van der Waals surface area contributed by atoms with Crippen LogP contribution in [0.25, 0.3) is 55.2 Å². The van der Waals surface area contributed by atoms with Crippen molar-refractivity contribution in [2.75, 3.05) is 14.1 Å². The van der Waals surface area contributed by atoms with Crippen molar-refractivity contribution in [1.29, 1.82) is 0 Å². The second kappa shape index (κ2) is 8.33. The van der Waals surface area contributed by atoms with Crippen LogP contribution in [0.5, 0.6) is 0 Å². The van der Waals surface area contributed by atoms with Crippen LogP contribution < -0.4 is 0 Å². The van der Waals surface area contributed by atoms with Crippen LogP contribution in [0.1, 0.15) is 5.56 Å². The molecule has 0 amide bonds. The predicted octanol–water partition coefficient (Wildman–Crippen LogP) is 5.63. The number of hydrogen-bond donors (Lipinski definition) is 2. The fraction of sp³-hybridized carbons (Fsp3) is 0.120. The third-order valence-corrected chi connectivity index (χ3v) is 6.56. The molecule has 2 N–H and O–H groups in total. The van der Waals surface area contributed by atoms with Gasteiger partial charge in [0, 0.05) is 36.1 Å². The van der Waals surface area contributed by atoms with Crippen molar-refractivity contribution >= 4 is 33.3 Å². The Labute approximate surface area is 202 Å². The highest BCUT2D eigenvalue weighted by Crippen LogP contribution is 2.35. The molecule has 1 aromatic carbocycles. The number of aromatic amines is 2. The van der Waals surface area contributed by atoms with Crippen molar-refractivity contribution in [3.05, 3.63) is 71.5 Å². The minimum Gasteiger partial charge on any atom is -0.337 e. The molecule has 0 bridgehead atoms. The van der Waals surface area contributed by atoms with Gasteiger partial charge in [-0.15, -0.1) is 11.3 Å². The van der Waals surface area contributed by atoms with Crippen molar-refractivity contribution < 1.29 is 8.78 Å². The lowest BCUT2D eigenvalue weighted by Gasteiger charge is -2.10. The van der Waals surface area contributed by atoms with Gasteiger partial charge in [0.05, 0.1) is 10.4 Å². The van der Waals surface area contributed by atoms with Gasteiger partial charge >= 0.3 is 0 Å². The monoisotopic (exact) mass is 487 g/mol. The number of thiophene rings is 1. The summed E-state index contributed by atoms with van der Waals surface area (Å²) < 4.78 is 28.7. The molecule has 0 saturated carbocycles. The maximum atomic E-state index is 15.1. The van der Waals surface area contributed by atoms with E-state index in [-0.39, 0.29) is 10.6 Å². The summed E-state index contributed by atoms with van der Waals surface area (Å²) >= 11 is 1.01. The normalized spacial score (nSPS) is 11.8. The van der Waals surface area contributed by atoms with Crippen LogP contribution in [-0.2, 0) is 6.54 Å². The van der Waals surface area contributed by atoms with Gasteiger partial charge in [-0.05, 0) is 61.6 Å². The van der Waals surface area contributed by atoms with Gasteiger partial charge in [-0.2, -0.15) is 9.49 Å². The molecule has 0 radical (unpaired) electrons. The van der Waals surface area contributed by atoms with Crippen LogP contribution in [0.3, 0.4) is 0 Å². The molecule has 5 heterocycles. The summed E-state index contributed by atoms with van der Waals surface area (Å²) in [6, 6.07) is 10.2.